The van der Waals surface area contributed by atoms with Crippen molar-refractivity contribution in [2.24, 2.45) is 0 Å². The Bertz CT molecular complexity index is 1430. The number of ether oxygens (including phenoxy) is 1. The van der Waals surface area contributed by atoms with E-state index in [1.807, 2.05) is 60.7 Å². The third kappa shape index (κ3) is 4.56. The van der Waals surface area contributed by atoms with Gasteiger partial charge in [0.05, 0.1) is 10.5 Å². The van der Waals surface area contributed by atoms with Crippen LogP contribution < -0.4 is 10.1 Å². The fourth-order valence-corrected chi connectivity index (χ4v) is 3.68. The fourth-order valence-electron chi connectivity index (χ4n) is 3.45. The average Bonchev–Trinajstić information content (AvgIpc) is 3.34. The van der Waals surface area contributed by atoms with Crippen molar-refractivity contribution in [3.05, 3.63) is 102 Å². The van der Waals surface area contributed by atoms with Crippen LogP contribution in [-0.4, -0.2) is 16.3 Å². The van der Waals surface area contributed by atoms with E-state index >= 15 is 0 Å². The molecule has 5 aromatic rings. The highest BCUT2D eigenvalue weighted by molar-refractivity contribution is 6.32. The number of aromatic nitrogens is 2. The molecule has 162 valence electrons. The zero-order valence-corrected chi connectivity index (χ0v) is 18.1. The lowest BCUT2D eigenvalue weighted by Crippen LogP contribution is -1.98. The minimum Gasteiger partial charge on any atom is -0.487 e. The number of rotatable bonds is 7. The van der Waals surface area contributed by atoms with Crippen LogP contribution in [-0.2, 0) is 6.61 Å². The fraction of sp³-hybridized carbons (Fsp3) is 0.0385. The van der Waals surface area contributed by atoms with Crippen molar-refractivity contribution < 1.29 is 13.9 Å². The summed E-state index contributed by atoms with van der Waals surface area (Å²) < 4.78 is 11.4. The van der Waals surface area contributed by atoms with E-state index < -0.39 is 0 Å². The van der Waals surface area contributed by atoms with E-state index in [1.54, 1.807) is 18.2 Å². The molecule has 0 atom stereocenters. The predicted molar refractivity (Wildman–Crippen MR) is 128 cm³/mol. The van der Waals surface area contributed by atoms with Crippen LogP contribution >= 0.6 is 11.6 Å². The minimum absolute atomic E-state index is 0.275. The van der Waals surface area contributed by atoms with E-state index in [0.717, 1.165) is 27.7 Å². The highest BCUT2D eigenvalue weighted by Gasteiger charge is 2.11. The number of carbonyl (C=O) groups excluding carboxylic acids is 1. The Labute approximate surface area is 194 Å². The van der Waals surface area contributed by atoms with Crippen LogP contribution in [0.5, 0.6) is 5.75 Å². The molecule has 0 saturated carbocycles. The van der Waals surface area contributed by atoms with E-state index in [4.69, 9.17) is 20.8 Å². The Morgan fingerprint density at radius 3 is 2.64 bits per heavy atom. The van der Waals surface area contributed by atoms with E-state index in [9.17, 15) is 4.79 Å². The van der Waals surface area contributed by atoms with E-state index in [0.29, 0.717) is 35.2 Å². The maximum Gasteiger partial charge on any atom is 0.185 e. The molecule has 0 bridgehead atoms. The number of hydrogen-bond acceptors (Lipinski definition) is 6. The summed E-state index contributed by atoms with van der Waals surface area (Å²) in [5.74, 6) is 2.09. The summed E-state index contributed by atoms with van der Waals surface area (Å²) in [6.07, 6.45) is 2.18. The normalized spacial score (nSPS) is 10.8. The van der Waals surface area contributed by atoms with Gasteiger partial charge in [0.25, 0.3) is 0 Å². The van der Waals surface area contributed by atoms with Gasteiger partial charge in [0.15, 0.2) is 12.0 Å². The standard InChI is InChI=1S/C26H18ClN3O3/c27-22-13-19(7-10-25(22)32-15-17-4-2-1-3-5-17)30-26-21-12-18(6-9-23(21)28-16-29-26)24-11-8-20(14-31)33-24/h1-14,16H,15H2,(H,28,29,30). The maximum absolute atomic E-state index is 10.9. The lowest BCUT2D eigenvalue weighted by Gasteiger charge is -2.12. The number of anilines is 2. The molecule has 0 amide bonds. The molecule has 2 aromatic heterocycles. The number of nitrogens with zero attached hydrogens (tertiary/aromatic N) is 2. The second-order valence-corrected chi connectivity index (χ2v) is 7.73. The van der Waals surface area contributed by atoms with Gasteiger partial charge in [-0.25, -0.2) is 9.97 Å². The van der Waals surface area contributed by atoms with Gasteiger partial charge in [-0.3, -0.25) is 4.79 Å². The molecule has 1 N–H and O–H groups in total. The smallest absolute Gasteiger partial charge is 0.185 e. The highest BCUT2D eigenvalue weighted by atomic mass is 35.5. The second-order valence-electron chi connectivity index (χ2n) is 7.32. The molecular weight excluding hydrogens is 438 g/mol. The van der Waals surface area contributed by atoms with Gasteiger partial charge in [0, 0.05) is 16.6 Å². The second kappa shape index (κ2) is 9.14. The van der Waals surface area contributed by atoms with Crippen LogP contribution in [0.2, 0.25) is 5.02 Å². The molecule has 0 radical (unpaired) electrons. The van der Waals surface area contributed by atoms with E-state index in [1.165, 1.54) is 6.33 Å². The van der Waals surface area contributed by atoms with Crippen molar-refractivity contribution in [2.75, 3.05) is 5.32 Å². The van der Waals surface area contributed by atoms with Crippen LogP contribution in [0.15, 0.2) is 89.6 Å². The van der Waals surface area contributed by atoms with Gasteiger partial charge in [0.2, 0.25) is 0 Å². The predicted octanol–water partition coefficient (Wildman–Crippen LogP) is 6.68. The zero-order chi connectivity index (χ0) is 22.6. The molecule has 2 heterocycles. The van der Waals surface area contributed by atoms with Crippen molar-refractivity contribution in [3.63, 3.8) is 0 Å². The van der Waals surface area contributed by atoms with Crippen LogP contribution in [0.3, 0.4) is 0 Å². The zero-order valence-electron chi connectivity index (χ0n) is 17.4. The van der Waals surface area contributed by atoms with Gasteiger partial charge in [-0.2, -0.15) is 0 Å². The summed E-state index contributed by atoms with van der Waals surface area (Å²) in [7, 11) is 0. The highest BCUT2D eigenvalue weighted by Crippen LogP contribution is 2.32. The molecule has 5 rings (SSSR count). The molecule has 0 fully saturated rings. The molecule has 0 aliphatic heterocycles. The molecular formula is C26H18ClN3O3. The van der Waals surface area contributed by atoms with Gasteiger partial charge in [-0.05, 0) is 54.1 Å². The number of hydrogen-bond donors (Lipinski definition) is 1. The molecule has 0 aliphatic rings. The number of aldehydes is 1. The van der Waals surface area contributed by atoms with Crippen molar-refractivity contribution >= 4 is 40.3 Å². The van der Waals surface area contributed by atoms with Crippen LogP contribution in [0.1, 0.15) is 16.1 Å². The molecule has 6 nitrogen and oxygen atoms in total. The van der Waals surface area contributed by atoms with Crippen molar-refractivity contribution in [3.8, 4) is 17.1 Å². The number of furan rings is 1. The van der Waals surface area contributed by atoms with E-state index in [2.05, 4.69) is 15.3 Å². The molecule has 0 spiro atoms. The van der Waals surface area contributed by atoms with Gasteiger partial charge >= 0.3 is 0 Å². The molecule has 33 heavy (non-hydrogen) atoms. The maximum atomic E-state index is 10.9. The SMILES string of the molecule is O=Cc1ccc(-c2ccc3ncnc(Nc4ccc(OCc5ccccc5)c(Cl)c4)c3c2)o1. The van der Waals surface area contributed by atoms with Gasteiger partial charge < -0.3 is 14.5 Å². The summed E-state index contributed by atoms with van der Waals surface area (Å²) >= 11 is 6.46. The number of halogens is 1. The number of carbonyl (C=O) groups is 1. The number of nitrogens with one attached hydrogen (secondary N) is 1. The van der Waals surface area contributed by atoms with Crippen LogP contribution in [0.4, 0.5) is 11.5 Å². The third-order valence-corrected chi connectivity index (χ3v) is 5.39. The Balaban J connectivity index is 1.39. The first-order chi connectivity index (χ1) is 16.2. The van der Waals surface area contributed by atoms with Crippen molar-refractivity contribution in [1.82, 2.24) is 9.97 Å². The van der Waals surface area contributed by atoms with Crippen molar-refractivity contribution in [1.29, 1.82) is 0 Å². The Morgan fingerprint density at radius 1 is 0.970 bits per heavy atom. The lowest BCUT2D eigenvalue weighted by atomic mass is 10.1. The topological polar surface area (TPSA) is 77.2 Å². The van der Waals surface area contributed by atoms with Gasteiger partial charge in [0.1, 0.15) is 30.3 Å². The van der Waals surface area contributed by atoms with Crippen LogP contribution in [0.25, 0.3) is 22.2 Å². The van der Waals surface area contributed by atoms with Gasteiger partial charge in [-0.15, -0.1) is 0 Å². The Kier molecular flexibility index (Phi) is 5.74. The lowest BCUT2D eigenvalue weighted by molar-refractivity contribution is 0.110. The molecule has 0 unspecified atom stereocenters. The summed E-state index contributed by atoms with van der Waals surface area (Å²) in [6, 6.07) is 24.5. The summed E-state index contributed by atoms with van der Waals surface area (Å²) in [6.45, 7) is 0.436. The first-order valence-corrected chi connectivity index (χ1v) is 10.6. The van der Waals surface area contributed by atoms with E-state index in [-0.39, 0.29) is 5.76 Å². The Morgan fingerprint density at radius 2 is 1.85 bits per heavy atom. The number of fused-ring (bicyclic) bond motifs is 1. The molecule has 0 aliphatic carbocycles. The first kappa shape index (κ1) is 20.7. The van der Waals surface area contributed by atoms with Crippen LogP contribution in [0, 0.1) is 0 Å². The quantitative estimate of drug-likeness (QED) is 0.276. The largest absolute Gasteiger partial charge is 0.487 e. The number of benzene rings is 3. The minimum atomic E-state index is 0.275. The van der Waals surface area contributed by atoms with Crippen molar-refractivity contribution in [2.45, 2.75) is 6.61 Å². The first-order valence-electron chi connectivity index (χ1n) is 10.2. The molecule has 3 aromatic carbocycles. The summed E-state index contributed by atoms with van der Waals surface area (Å²) in [5, 5.41) is 4.60. The monoisotopic (exact) mass is 455 g/mol. The average molecular weight is 456 g/mol. The summed E-state index contributed by atoms with van der Waals surface area (Å²) in [4.78, 5) is 19.7. The Hall–Kier alpha value is -4.16. The van der Waals surface area contributed by atoms with Gasteiger partial charge in [-0.1, -0.05) is 41.9 Å². The molecule has 7 heteroatoms. The summed E-state index contributed by atoms with van der Waals surface area (Å²) in [5.41, 5.74) is 3.41. The molecule has 0 saturated heterocycles. The third-order valence-electron chi connectivity index (χ3n) is 5.09.